The molecule has 1 fully saturated rings. The third-order valence-electron chi connectivity index (χ3n) is 6.66. The van der Waals surface area contributed by atoms with Gasteiger partial charge < -0.3 is 25.4 Å². The number of carbonyl (C=O) groups is 1. The molecule has 3 heterocycles. The van der Waals surface area contributed by atoms with Crippen LogP contribution in [-0.4, -0.2) is 75.4 Å². The molecule has 1 aromatic carbocycles. The second-order valence-corrected chi connectivity index (χ2v) is 8.93. The highest BCUT2D eigenvalue weighted by atomic mass is 16.3. The van der Waals surface area contributed by atoms with Crippen molar-refractivity contribution in [2.45, 2.75) is 33.0 Å². The lowest BCUT2D eigenvalue weighted by atomic mass is 10.0. The lowest BCUT2D eigenvalue weighted by Crippen LogP contribution is -2.46. The Morgan fingerprint density at radius 2 is 1.92 bits per heavy atom. The number of aromatic nitrogens is 3. The van der Waals surface area contributed by atoms with Gasteiger partial charge in [0.05, 0.1) is 28.9 Å². The molecule has 11 nitrogen and oxygen atoms in total. The number of aromatic amines is 1. The molecule has 192 valence electrons. The monoisotopic (exact) mass is 496 g/mol. The van der Waals surface area contributed by atoms with E-state index in [2.05, 4.69) is 25.1 Å². The Kier molecular flexibility index (Phi) is 7.53. The van der Waals surface area contributed by atoms with Crippen molar-refractivity contribution < 1.29 is 15.0 Å². The van der Waals surface area contributed by atoms with Crippen molar-refractivity contribution in [1.29, 1.82) is 0 Å². The number of aryl methyl sites for hydroxylation is 1. The first-order chi connectivity index (χ1) is 17.3. The van der Waals surface area contributed by atoms with E-state index in [4.69, 9.17) is 0 Å². The number of aliphatic hydroxyl groups is 2. The average molecular weight is 497 g/mol. The molecule has 1 aliphatic heterocycles. The molecule has 4 N–H and O–H groups in total. The van der Waals surface area contributed by atoms with Crippen LogP contribution in [0.5, 0.6) is 0 Å². The molecule has 0 bridgehead atoms. The molecule has 11 heteroatoms. The number of pyridine rings is 1. The summed E-state index contributed by atoms with van der Waals surface area (Å²) in [5, 5.41) is 22.8. The highest BCUT2D eigenvalue weighted by molar-refractivity contribution is 5.92. The van der Waals surface area contributed by atoms with Gasteiger partial charge in [0.15, 0.2) is 0 Å². The summed E-state index contributed by atoms with van der Waals surface area (Å²) in [6.07, 6.45) is -1.23. The highest BCUT2D eigenvalue weighted by Crippen LogP contribution is 2.25. The molecule has 0 radical (unpaired) electrons. The van der Waals surface area contributed by atoms with Crippen molar-refractivity contribution in [2.24, 2.45) is 0 Å². The molecule has 0 spiro atoms. The Balaban J connectivity index is 1.55. The largest absolute Gasteiger partial charge is 0.393 e. The number of amides is 1. The number of rotatable bonds is 7. The number of fused-ring (bicyclic) bond motifs is 1. The van der Waals surface area contributed by atoms with E-state index < -0.39 is 24.0 Å². The Hall–Kier alpha value is -3.54. The minimum atomic E-state index is -1.23. The van der Waals surface area contributed by atoms with Crippen molar-refractivity contribution in [2.75, 3.05) is 44.7 Å². The summed E-state index contributed by atoms with van der Waals surface area (Å²) in [7, 11) is 1.58. The van der Waals surface area contributed by atoms with Gasteiger partial charge in [-0.2, -0.15) is 0 Å². The standard InChI is InChI=1S/C25H32N6O5/c1-4-31-24(35)22-17(21(33)14-32)11-16(12-19(22)28-25(31)36)13-29-7-9-30(10-8-29)20-6-5-18(23(34)26-3)27-15(20)2/h5-6,11-12,21,32-33H,4,7-10,13-14H2,1-3H3,(H,26,34)(H,28,36). The maximum absolute atomic E-state index is 12.9. The van der Waals surface area contributed by atoms with Crippen LogP contribution in [0.3, 0.4) is 0 Å². The van der Waals surface area contributed by atoms with E-state index in [1.807, 2.05) is 13.0 Å². The summed E-state index contributed by atoms with van der Waals surface area (Å²) < 4.78 is 1.08. The number of nitrogens with zero attached hydrogens (tertiary/aromatic N) is 4. The quantitative estimate of drug-likeness (QED) is 0.361. The molecule has 36 heavy (non-hydrogen) atoms. The minimum absolute atomic E-state index is 0.203. The summed E-state index contributed by atoms with van der Waals surface area (Å²) in [5.74, 6) is -0.217. The summed E-state index contributed by atoms with van der Waals surface area (Å²) in [6.45, 7) is 6.88. The van der Waals surface area contributed by atoms with Gasteiger partial charge in [0, 0.05) is 46.3 Å². The molecule has 1 atom stereocenters. The molecule has 2 aromatic heterocycles. The SMILES string of the molecule is CCn1c(=O)[nH]c2cc(CN3CCN(c4ccc(C(=O)NC)nc4C)CC3)cc(C(O)CO)c2c1=O. The molecule has 3 aromatic rings. The second-order valence-electron chi connectivity index (χ2n) is 8.93. The van der Waals surface area contributed by atoms with Gasteiger partial charge in [-0.15, -0.1) is 0 Å². The summed E-state index contributed by atoms with van der Waals surface area (Å²) in [5.41, 5.74) is 2.68. The van der Waals surface area contributed by atoms with Crippen LogP contribution in [0.25, 0.3) is 10.9 Å². The number of piperazine rings is 1. The topological polar surface area (TPSA) is 144 Å². The van der Waals surface area contributed by atoms with E-state index in [0.29, 0.717) is 23.3 Å². The third kappa shape index (κ3) is 4.90. The van der Waals surface area contributed by atoms with Crippen LogP contribution in [-0.2, 0) is 13.1 Å². The molecule has 1 aliphatic rings. The summed E-state index contributed by atoms with van der Waals surface area (Å²) in [6, 6.07) is 7.16. The van der Waals surface area contributed by atoms with E-state index in [-0.39, 0.29) is 17.8 Å². The van der Waals surface area contributed by atoms with Crippen LogP contribution in [0, 0.1) is 6.92 Å². The van der Waals surface area contributed by atoms with Gasteiger partial charge in [-0.1, -0.05) is 6.07 Å². The Morgan fingerprint density at radius 1 is 1.19 bits per heavy atom. The molecule has 1 unspecified atom stereocenters. The predicted octanol–water partition coefficient (Wildman–Crippen LogP) is 0.121. The number of anilines is 1. The number of hydrogen-bond acceptors (Lipinski definition) is 8. The normalized spacial score (nSPS) is 15.3. The van der Waals surface area contributed by atoms with Crippen molar-refractivity contribution in [3.63, 3.8) is 0 Å². The Labute approximate surface area is 208 Å². The van der Waals surface area contributed by atoms with Crippen molar-refractivity contribution in [3.8, 4) is 0 Å². The number of benzene rings is 1. The highest BCUT2D eigenvalue weighted by Gasteiger charge is 2.22. The predicted molar refractivity (Wildman–Crippen MR) is 136 cm³/mol. The number of carbonyl (C=O) groups excluding carboxylic acids is 1. The van der Waals surface area contributed by atoms with Crippen LogP contribution in [0.2, 0.25) is 0 Å². The zero-order valence-electron chi connectivity index (χ0n) is 20.7. The maximum Gasteiger partial charge on any atom is 0.328 e. The molecule has 1 amide bonds. The van der Waals surface area contributed by atoms with Gasteiger partial charge in [-0.05, 0) is 43.2 Å². The zero-order chi connectivity index (χ0) is 26.0. The fraction of sp³-hybridized carbons (Fsp3) is 0.440. The molecule has 0 aliphatic carbocycles. The third-order valence-corrected chi connectivity index (χ3v) is 6.66. The molecule has 0 saturated carbocycles. The molecular formula is C25H32N6O5. The van der Waals surface area contributed by atoms with E-state index >= 15 is 0 Å². The fourth-order valence-corrected chi connectivity index (χ4v) is 4.76. The summed E-state index contributed by atoms with van der Waals surface area (Å²) >= 11 is 0. The molecule has 4 rings (SSSR count). The Bertz CT molecular complexity index is 1390. The number of nitrogens with one attached hydrogen (secondary N) is 2. The van der Waals surface area contributed by atoms with Crippen molar-refractivity contribution in [3.05, 3.63) is 67.6 Å². The first kappa shape index (κ1) is 25.5. The molecule has 1 saturated heterocycles. The Morgan fingerprint density at radius 3 is 2.53 bits per heavy atom. The number of H-pyrrole nitrogens is 1. The van der Waals surface area contributed by atoms with Gasteiger partial charge in [-0.25, -0.2) is 9.78 Å². The van der Waals surface area contributed by atoms with Crippen LogP contribution >= 0.6 is 0 Å². The van der Waals surface area contributed by atoms with Crippen LogP contribution in [0.4, 0.5) is 5.69 Å². The maximum atomic E-state index is 12.9. The van der Waals surface area contributed by atoms with Gasteiger partial charge in [0.2, 0.25) is 0 Å². The van der Waals surface area contributed by atoms with Crippen LogP contribution < -0.4 is 21.5 Å². The van der Waals surface area contributed by atoms with Crippen molar-refractivity contribution in [1.82, 2.24) is 24.8 Å². The lowest BCUT2D eigenvalue weighted by Gasteiger charge is -2.36. The lowest BCUT2D eigenvalue weighted by molar-refractivity contribution is 0.0958. The van der Waals surface area contributed by atoms with E-state index in [9.17, 15) is 24.6 Å². The van der Waals surface area contributed by atoms with Crippen molar-refractivity contribution >= 4 is 22.5 Å². The van der Waals surface area contributed by atoms with Gasteiger partial charge in [0.1, 0.15) is 11.8 Å². The van der Waals surface area contributed by atoms with Crippen LogP contribution in [0.1, 0.15) is 40.3 Å². The molecular weight excluding hydrogens is 464 g/mol. The van der Waals surface area contributed by atoms with Gasteiger partial charge >= 0.3 is 5.69 Å². The van der Waals surface area contributed by atoms with E-state index in [1.54, 1.807) is 32.2 Å². The van der Waals surface area contributed by atoms with Gasteiger partial charge in [-0.3, -0.25) is 19.1 Å². The van der Waals surface area contributed by atoms with Crippen LogP contribution in [0.15, 0.2) is 33.9 Å². The number of aliphatic hydroxyl groups excluding tert-OH is 2. The fourth-order valence-electron chi connectivity index (χ4n) is 4.76. The first-order valence-electron chi connectivity index (χ1n) is 12.0. The zero-order valence-corrected chi connectivity index (χ0v) is 20.7. The first-order valence-corrected chi connectivity index (χ1v) is 12.0. The van der Waals surface area contributed by atoms with E-state index in [1.165, 1.54) is 0 Å². The number of hydrogen-bond donors (Lipinski definition) is 4. The van der Waals surface area contributed by atoms with Gasteiger partial charge in [0.25, 0.3) is 11.5 Å². The summed E-state index contributed by atoms with van der Waals surface area (Å²) in [4.78, 5) is 48.8. The van der Waals surface area contributed by atoms with E-state index in [0.717, 1.165) is 47.7 Å². The smallest absolute Gasteiger partial charge is 0.328 e. The average Bonchev–Trinajstić information content (AvgIpc) is 2.87. The second kappa shape index (κ2) is 10.6. The minimum Gasteiger partial charge on any atom is -0.393 e.